The maximum Gasteiger partial charge on any atom is 0.274 e. The van der Waals surface area contributed by atoms with Gasteiger partial charge in [0.1, 0.15) is 0 Å². The molecule has 0 saturated carbocycles. The van der Waals surface area contributed by atoms with Gasteiger partial charge in [0.25, 0.3) is 10.0 Å². The Morgan fingerprint density at radius 2 is 2.17 bits per heavy atom. The first-order chi connectivity index (χ1) is 8.53. The second-order valence-electron chi connectivity index (χ2n) is 3.44. The van der Waals surface area contributed by atoms with Crippen LogP contribution in [0.5, 0.6) is 0 Å². The van der Waals surface area contributed by atoms with Gasteiger partial charge in [0, 0.05) is 20.8 Å². The molecule has 102 valence electrons. The van der Waals surface area contributed by atoms with Crippen LogP contribution in [-0.2, 0) is 19.5 Å². The molecule has 1 aromatic heterocycles. The number of nitrogens with one attached hydrogen (secondary N) is 1. The maximum absolute atomic E-state index is 11.8. The van der Waals surface area contributed by atoms with Crippen LogP contribution in [0.4, 0.5) is 0 Å². The van der Waals surface area contributed by atoms with E-state index < -0.39 is 16.1 Å². The summed E-state index contributed by atoms with van der Waals surface area (Å²) in [5.41, 5.74) is 0. The van der Waals surface area contributed by atoms with Crippen LogP contribution in [-0.4, -0.2) is 48.2 Å². The minimum atomic E-state index is -3.78. The van der Waals surface area contributed by atoms with E-state index in [0.717, 1.165) is 0 Å². The van der Waals surface area contributed by atoms with Crippen LogP contribution in [0.3, 0.4) is 0 Å². The van der Waals surface area contributed by atoms with Crippen LogP contribution < -0.4 is 4.72 Å². The van der Waals surface area contributed by atoms with E-state index in [1.54, 1.807) is 0 Å². The van der Waals surface area contributed by atoms with Gasteiger partial charge in [-0.2, -0.15) is 0 Å². The largest absolute Gasteiger partial charge is 0.440 e. The van der Waals surface area contributed by atoms with Crippen LogP contribution in [0, 0.1) is 0 Å². The Morgan fingerprint density at radius 3 is 2.67 bits per heavy atom. The third kappa shape index (κ3) is 3.91. The van der Waals surface area contributed by atoms with Crippen molar-refractivity contribution in [1.82, 2.24) is 4.72 Å². The number of ether oxygens (including phenoxy) is 2. The monoisotopic (exact) mass is 277 g/mol. The zero-order valence-corrected chi connectivity index (χ0v) is 10.9. The molecule has 0 aromatic carbocycles. The van der Waals surface area contributed by atoms with E-state index in [0.29, 0.717) is 6.29 Å². The molecule has 1 atom stereocenters. The van der Waals surface area contributed by atoms with Crippen LogP contribution in [0.15, 0.2) is 21.6 Å². The average Bonchev–Trinajstić information content (AvgIpc) is 2.84. The van der Waals surface area contributed by atoms with Crippen LogP contribution in [0.25, 0.3) is 0 Å². The molecule has 18 heavy (non-hydrogen) atoms. The summed E-state index contributed by atoms with van der Waals surface area (Å²) in [7, 11) is -0.841. The number of rotatable bonds is 8. The molecule has 7 nitrogen and oxygen atoms in total. The molecule has 0 aliphatic heterocycles. The third-order valence-corrected chi connectivity index (χ3v) is 3.47. The van der Waals surface area contributed by atoms with Crippen molar-refractivity contribution in [3.8, 4) is 0 Å². The molecule has 0 amide bonds. The quantitative estimate of drug-likeness (QED) is 0.674. The van der Waals surface area contributed by atoms with Crippen LogP contribution >= 0.6 is 0 Å². The molecule has 1 unspecified atom stereocenters. The summed E-state index contributed by atoms with van der Waals surface area (Å²) in [6.45, 7) is 0.306. The average molecular weight is 277 g/mol. The zero-order valence-electron chi connectivity index (χ0n) is 10.1. The summed E-state index contributed by atoms with van der Waals surface area (Å²) in [6.07, 6.45) is 0.0346. The summed E-state index contributed by atoms with van der Waals surface area (Å²) >= 11 is 0. The molecule has 0 spiro atoms. The lowest BCUT2D eigenvalue weighted by Gasteiger charge is -2.14. The first-order valence-corrected chi connectivity index (χ1v) is 6.58. The Labute approximate surface area is 105 Å². The lowest BCUT2D eigenvalue weighted by molar-refractivity contribution is 0.0319. The summed E-state index contributed by atoms with van der Waals surface area (Å²) in [5, 5.41) is -0.308. The zero-order chi connectivity index (χ0) is 13.6. The minimum absolute atomic E-state index is 0.0454. The molecule has 0 bridgehead atoms. The Kier molecular flexibility index (Phi) is 5.48. The van der Waals surface area contributed by atoms with E-state index in [-0.39, 0.29) is 24.0 Å². The molecule has 8 heteroatoms. The van der Waals surface area contributed by atoms with Crippen LogP contribution in [0.2, 0.25) is 0 Å². The van der Waals surface area contributed by atoms with Crippen molar-refractivity contribution in [3.05, 3.63) is 17.9 Å². The van der Waals surface area contributed by atoms with Crippen LogP contribution in [0.1, 0.15) is 10.6 Å². The number of hydrogen-bond donors (Lipinski definition) is 1. The van der Waals surface area contributed by atoms with E-state index in [1.165, 1.54) is 26.4 Å². The van der Waals surface area contributed by atoms with E-state index in [9.17, 15) is 13.2 Å². The van der Waals surface area contributed by atoms with Crippen molar-refractivity contribution in [1.29, 1.82) is 0 Å². The molecule has 0 aliphatic carbocycles. The molecule has 1 N–H and O–H groups in total. The topological polar surface area (TPSA) is 94.8 Å². The van der Waals surface area contributed by atoms with Gasteiger partial charge in [0.2, 0.25) is 5.09 Å². The van der Waals surface area contributed by atoms with Gasteiger partial charge in [0.05, 0.1) is 12.7 Å². The number of carbonyl (C=O) groups excluding carboxylic acids is 1. The predicted octanol–water partition coefficient (Wildman–Crippen LogP) is 0.0318. The maximum atomic E-state index is 11.8. The van der Waals surface area contributed by atoms with Crippen molar-refractivity contribution in [3.63, 3.8) is 0 Å². The second kappa shape index (κ2) is 6.64. The van der Waals surface area contributed by atoms with Gasteiger partial charge in [-0.3, -0.25) is 4.79 Å². The highest BCUT2D eigenvalue weighted by atomic mass is 32.2. The predicted molar refractivity (Wildman–Crippen MR) is 62.0 cm³/mol. The summed E-state index contributed by atoms with van der Waals surface area (Å²) in [4.78, 5) is 10.4. The number of hydrogen-bond acceptors (Lipinski definition) is 6. The van der Waals surface area contributed by atoms with Gasteiger partial charge >= 0.3 is 0 Å². The van der Waals surface area contributed by atoms with E-state index in [4.69, 9.17) is 13.9 Å². The molecule has 0 fully saturated rings. The number of sulfonamides is 1. The number of aldehydes is 1. The van der Waals surface area contributed by atoms with Crippen molar-refractivity contribution < 1.29 is 27.1 Å². The summed E-state index contributed by atoms with van der Waals surface area (Å²) in [5.74, 6) is -0.0458. The standard InChI is InChI=1S/C10H15NO6S/c1-15-7-9(16-2)5-11-18(13,14)10-4-3-8(6-12)17-10/h3-4,6,9,11H,5,7H2,1-2H3. The molecule has 1 heterocycles. The highest BCUT2D eigenvalue weighted by Gasteiger charge is 2.20. The first-order valence-electron chi connectivity index (χ1n) is 5.10. The van der Waals surface area contributed by atoms with Crippen molar-refractivity contribution in [2.45, 2.75) is 11.2 Å². The van der Waals surface area contributed by atoms with E-state index >= 15 is 0 Å². The smallest absolute Gasteiger partial charge is 0.274 e. The highest BCUT2D eigenvalue weighted by molar-refractivity contribution is 7.89. The lowest BCUT2D eigenvalue weighted by Crippen LogP contribution is -2.35. The Balaban J connectivity index is 2.67. The SMILES string of the molecule is COCC(CNS(=O)(=O)c1ccc(C=O)o1)OC. The Hall–Kier alpha value is -1.22. The lowest BCUT2D eigenvalue weighted by atomic mass is 10.4. The van der Waals surface area contributed by atoms with E-state index in [1.807, 2.05) is 0 Å². The fourth-order valence-corrected chi connectivity index (χ4v) is 2.21. The van der Waals surface area contributed by atoms with Gasteiger partial charge in [-0.15, -0.1) is 0 Å². The van der Waals surface area contributed by atoms with E-state index in [2.05, 4.69) is 4.72 Å². The number of methoxy groups -OCH3 is 2. The molecule has 1 rings (SSSR count). The Bertz CT molecular complexity index is 480. The minimum Gasteiger partial charge on any atom is -0.440 e. The summed E-state index contributed by atoms with van der Waals surface area (Å²) in [6, 6.07) is 2.49. The molecule has 0 aliphatic rings. The number of carbonyl (C=O) groups is 1. The van der Waals surface area contributed by atoms with Crippen molar-refractivity contribution >= 4 is 16.3 Å². The fourth-order valence-electron chi connectivity index (χ4n) is 1.21. The number of furan rings is 1. The van der Waals surface area contributed by atoms with Gasteiger partial charge < -0.3 is 13.9 Å². The van der Waals surface area contributed by atoms with Gasteiger partial charge in [0.15, 0.2) is 12.0 Å². The Morgan fingerprint density at radius 1 is 1.44 bits per heavy atom. The highest BCUT2D eigenvalue weighted by Crippen LogP contribution is 2.12. The summed E-state index contributed by atoms with van der Waals surface area (Å²) < 4.78 is 40.5. The van der Waals surface area contributed by atoms with Crippen molar-refractivity contribution in [2.75, 3.05) is 27.4 Å². The van der Waals surface area contributed by atoms with Gasteiger partial charge in [-0.1, -0.05) is 0 Å². The molecule has 1 aromatic rings. The molecular weight excluding hydrogens is 262 g/mol. The third-order valence-electron chi connectivity index (χ3n) is 2.17. The first kappa shape index (κ1) is 14.8. The second-order valence-corrected chi connectivity index (χ2v) is 5.14. The molecule has 0 radical (unpaired) electrons. The van der Waals surface area contributed by atoms with Crippen molar-refractivity contribution in [2.24, 2.45) is 0 Å². The van der Waals surface area contributed by atoms with Gasteiger partial charge in [-0.05, 0) is 12.1 Å². The molecule has 0 saturated heterocycles. The van der Waals surface area contributed by atoms with Gasteiger partial charge in [-0.25, -0.2) is 13.1 Å². The normalized spacial score (nSPS) is 13.4. The fraction of sp³-hybridized carbons (Fsp3) is 0.500. The molecular formula is C10H15NO6S.